The summed E-state index contributed by atoms with van der Waals surface area (Å²) >= 11 is 0. The first-order valence-electron chi connectivity index (χ1n) is 4.58. The zero-order valence-corrected chi connectivity index (χ0v) is 8.13. The second kappa shape index (κ2) is 5.93. The summed E-state index contributed by atoms with van der Waals surface area (Å²) in [5.41, 5.74) is 0.404. The van der Waals surface area contributed by atoms with Gasteiger partial charge in [-0.25, -0.2) is 4.79 Å². The van der Waals surface area contributed by atoms with E-state index in [4.69, 9.17) is 9.84 Å². The first-order chi connectivity index (χ1) is 7.27. The van der Waals surface area contributed by atoms with Crippen molar-refractivity contribution in [2.45, 2.75) is 12.5 Å². The monoisotopic (exact) mass is 208 g/mol. The summed E-state index contributed by atoms with van der Waals surface area (Å²) in [7, 11) is 0. The van der Waals surface area contributed by atoms with Gasteiger partial charge in [-0.1, -0.05) is 18.2 Å². The molecule has 0 unspecified atom stereocenters. The lowest BCUT2D eigenvalue weighted by atomic mass is 10.2. The van der Waals surface area contributed by atoms with E-state index in [2.05, 4.69) is 0 Å². The molecule has 0 aromatic heterocycles. The second-order valence-electron chi connectivity index (χ2n) is 2.98. The molecule has 1 aromatic rings. The van der Waals surface area contributed by atoms with Crippen LogP contribution in [0.3, 0.4) is 0 Å². The molecule has 0 bridgehead atoms. The predicted octanol–water partition coefficient (Wildman–Crippen LogP) is 0.793. The highest BCUT2D eigenvalue weighted by Crippen LogP contribution is 2.05. The van der Waals surface area contributed by atoms with Crippen LogP contribution < -0.4 is 0 Å². The maximum Gasteiger partial charge on any atom is 0.338 e. The van der Waals surface area contributed by atoms with Gasteiger partial charge in [-0.2, -0.15) is 0 Å². The predicted molar refractivity (Wildman–Crippen MR) is 53.4 cm³/mol. The van der Waals surface area contributed by atoms with Crippen LogP contribution in [0.15, 0.2) is 30.3 Å². The van der Waals surface area contributed by atoms with Crippen molar-refractivity contribution in [2.24, 2.45) is 0 Å². The third-order valence-electron chi connectivity index (χ3n) is 1.85. The van der Waals surface area contributed by atoms with Crippen molar-refractivity contribution in [1.82, 2.24) is 0 Å². The smallest absolute Gasteiger partial charge is 0.338 e. The number of aliphatic hydroxyl groups excluding tert-OH is 1. The topological polar surface area (TPSA) is 63.6 Å². The van der Waals surface area contributed by atoms with E-state index in [1.807, 2.05) is 0 Å². The van der Waals surface area contributed by atoms with Gasteiger partial charge in [-0.05, 0) is 12.1 Å². The lowest BCUT2D eigenvalue weighted by Crippen LogP contribution is -2.22. The van der Waals surface area contributed by atoms with Gasteiger partial charge < -0.3 is 14.6 Å². The van der Waals surface area contributed by atoms with Crippen molar-refractivity contribution < 1.29 is 19.4 Å². The number of carbonyl (C=O) groups excluding carboxylic acids is 2. The lowest BCUT2D eigenvalue weighted by molar-refractivity contribution is -0.110. The Morgan fingerprint density at radius 3 is 2.60 bits per heavy atom. The Balaban J connectivity index is 2.58. The number of aliphatic hydroxyl groups is 1. The van der Waals surface area contributed by atoms with E-state index >= 15 is 0 Å². The number of esters is 1. The van der Waals surface area contributed by atoms with E-state index in [1.54, 1.807) is 30.3 Å². The van der Waals surface area contributed by atoms with Crippen LogP contribution in [0.25, 0.3) is 0 Å². The van der Waals surface area contributed by atoms with Crippen LogP contribution >= 0.6 is 0 Å². The van der Waals surface area contributed by atoms with E-state index < -0.39 is 12.1 Å². The zero-order valence-electron chi connectivity index (χ0n) is 8.13. The largest absolute Gasteiger partial charge is 0.456 e. The fourth-order valence-corrected chi connectivity index (χ4v) is 1.06. The van der Waals surface area contributed by atoms with Crippen molar-refractivity contribution in [1.29, 1.82) is 0 Å². The Hall–Kier alpha value is -1.68. The van der Waals surface area contributed by atoms with Crippen molar-refractivity contribution in [3.05, 3.63) is 35.9 Å². The summed E-state index contributed by atoms with van der Waals surface area (Å²) in [4.78, 5) is 21.6. The Kier molecular flexibility index (Phi) is 4.50. The highest BCUT2D eigenvalue weighted by molar-refractivity contribution is 5.89. The molecule has 15 heavy (non-hydrogen) atoms. The number of carbonyl (C=O) groups is 2. The Bertz CT molecular complexity index is 321. The van der Waals surface area contributed by atoms with Crippen LogP contribution in [0.2, 0.25) is 0 Å². The van der Waals surface area contributed by atoms with Gasteiger partial charge in [-0.3, -0.25) is 0 Å². The molecule has 0 fully saturated rings. The van der Waals surface area contributed by atoms with Gasteiger partial charge >= 0.3 is 5.97 Å². The maximum absolute atomic E-state index is 11.4. The highest BCUT2D eigenvalue weighted by atomic mass is 16.6. The van der Waals surface area contributed by atoms with Crippen LogP contribution in [0.4, 0.5) is 0 Å². The minimum absolute atomic E-state index is 0.00900. The number of hydrogen-bond donors (Lipinski definition) is 1. The minimum atomic E-state index is -0.754. The van der Waals surface area contributed by atoms with E-state index in [0.29, 0.717) is 11.8 Å². The summed E-state index contributed by atoms with van der Waals surface area (Å²) in [6.45, 7) is -0.350. The molecule has 0 aliphatic carbocycles. The number of aldehydes is 1. The molecule has 4 heteroatoms. The summed E-state index contributed by atoms with van der Waals surface area (Å²) in [5.74, 6) is -0.531. The number of hydrogen-bond acceptors (Lipinski definition) is 4. The molecule has 0 aliphatic heterocycles. The molecule has 0 heterocycles. The fourth-order valence-electron chi connectivity index (χ4n) is 1.06. The molecule has 1 atom stereocenters. The van der Waals surface area contributed by atoms with Crippen molar-refractivity contribution >= 4 is 12.3 Å². The SMILES string of the molecule is O=CC[C@H](CO)OC(=O)c1ccccc1. The lowest BCUT2D eigenvalue weighted by Gasteiger charge is -2.12. The van der Waals surface area contributed by atoms with Crippen LogP contribution in [0, 0.1) is 0 Å². The van der Waals surface area contributed by atoms with Crippen LogP contribution in [-0.4, -0.2) is 30.1 Å². The molecule has 0 saturated carbocycles. The molecule has 0 spiro atoms. The van der Waals surface area contributed by atoms with Gasteiger partial charge in [0.1, 0.15) is 12.4 Å². The van der Waals surface area contributed by atoms with Crippen molar-refractivity contribution in [2.75, 3.05) is 6.61 Å². The van der Waals surface area contributed by atoms with Crippen LogP contribution in [-0.2, 0) is 9.53 Å². The summed E-state index contributed by atoms with van der Waals surface area (Å²) < 4.78 is 4.91. The number of rotatable bonds is 5. The zero-order chi connectivity index (χ0) is 11.1. The van der Waals surface area contributed by atoms with Crippen LogP contribution in [0.5, 0.6) is 0 Å². The highest BCUT2D eigenvalue weighted by Gasteiger charge is 2.14. The van der Waals surface area contributed by atoms with Gasteiger partial charge in [0.25, 0.3) is 0 Å². The third-order valence-corrected chi connectivity index (χ3v) is 1.85. The first-order valence-corrected chi connectivity index (χ1v) is 4.58. The van der Waals surface area contributed by atoms with Gasteiger partial charge in [0.05, 0.1) is 12.2 Å². The molecule has 80 valence electrons. The quantitative estimate of drug-likeness (QED) is 0.574. The molecular weight excluding hydrogens is 196 g/mol. The standard InChI is InChI=1S/C11H12O4/c12-7-6-10(8-13)15-11(14)9-4-2-1-3-5-9/h1-5,7,10,13H,6,8H2/t10-/m1/s1. The molecule has 1 rings (SSSR count). The Morgan fingerprint density at radius 2 is 2.07 bits per heavy atom. The Morgan fingerprint density at radius 1 is 1.40 bits per heavy atom. The molecule has 4 nitrogen and oxygen atoms in total. The normalized spacial score (nSPS) is 11.8. The molecule has 0 aliphatic rings. The maximum atomic E-state index is 11.4. The van der Waals surface area contributed by atoms with Gasteiger partial charge in [-0.15, -0.1) is 0 Å². The number of benzene rings is 1. The molecule has 0 radical (unpaired) electrons. The van der Waals surface area contributed by atoms with E-state index in [-0.39, 0.29) is 13.0 Å². The third kappa shape index (κ3) is 3.52. The fraction of sp³-hybridized carbons (Fsp3) is 0.273. The van der Waals surface area contributed by atoms with E-state index in [0.717, 1.165) is 0 Å². The molecule has 1 N–H and O–H groups in total. The average molecular weight is 208 g/mol. The van der Waals surface area contributed by atoms with Crippen molar-refractivity contribution in [3.8, 4) is 0 Å². The van der Waals surface area contributed by atoms with Gasteiger partial charge in [0.15, 0.2) is 0 Å². The van der Waals surface area contributed by atoms with Crippen molar-refractivity contribution in [3.63, 3.8) is 0 Å². The minimum Gasteiger partial charge on any atom is -0.456 e. The summed E-state index contributed by atoms with van der Waals surface area (Å²) in [6, 6.07) is 8.43. The first kappa shape index (κ1) is 11.4. The second-order valence-corrected chi connectivity index (χ2v) is 2.98. The van der Waals surface area contributed by atoms with Gasteiger partial charge in [0, 0.05) is 6.42 Å². The molecular formula is C11H12O4. The Labute approximate surface area is 87.5 Å². The molecule has 0 amide bonds. The average Bonchev–Trinajstić information content (AvgIpc) is 2.29. The van der Waals surface area contributed by atoms with Crippen LogP contribution in [0.1, 0.15) is 16.8 Å². The molecule has 1 aromatic carbocycles. The summed E-state index contributed by atoms with van der Waals surface area (Å²) in [5, 5.41) is 8.82. The molecule has 0 saturated heterocycles. The van der Waals surface area contributed by atoms with E-state index in [9.17, 15) is 9.59 Å². The summed E-state index contributed by atoms with van der Waals surface area (Å²) in [6.07, 6.45) is -0.135. The number of ether oxygens (including phenoxy) is 1. The van der Waals surface area contributed by atoms with Gasteiger partial charge in [0.2, 0.25) is 0 Å². The van der Waals surface area contributed by atoms with E-state index in [1.165, 1.54) is 0 Å².